The second kappa shape index (κ2) is 5.91. The van der Waals surface area contributed by atoms with Gasteiger partial charge in [-0.25, -0.2) is 0 Å². The first kappa shape index (κ1) is 13.7. The lowest BCUT2D eigenvalue weighted by Gasteiger charge is -2.36. The highest BCUT2D eigenvalue weighted by Crippen LogP contribution is 2.28. The van der Waals surface area contributed by atoms with Crippen LogP contribution in [0.15, 0.2) is 18.2 Å². The molecule has 4 heteroatoms. The lowest BCUT2D eigenvalue weighted by atomic mass is 10.0. The molecule has 2 unspecified atom stereocenters. The maximum absolute atomic E-state index is 6.13. The quantitative estimate of drug-likeness (QED) is 0.915. The second-order valence-corrected chi connectivity index (χ2v) is 5.51. The fourth-order valence-electron chi connectivity index (χ4n) is 2.41. The van der Waals surface area contributed by atoms with Crippen LogP contribution in [0, 0.1) is 0 Å². The molecule has 1 fully saturated rings. The van der Waals surface area contributed by atoms with Crippen molar-refractivity contribution in [3.8, 4) is 0 Å². The Labute approximate surface area is 114 Å². The molecule has 0 aliphatic carbocycles. The maximum atomic E-state index is 6.13. The number of hydrogen-bond donors (Lipinski definition) is 1. The summed E-state index contributed by atoms with van der Waals surface area (Å²) in [5, 5.41) is 0.775. The molecule has 1 aliphatic rings. The summed E-state index contributed by atoms with van der Waals surface area (Å²) in [4.78, 5) is 2.37. The zero-order valence-corrected chi connectivity index (χ0v) is 11.8. The van der Waals surface area contributed by atoms with Crippen molar-refractivity contribution in [2.45, 2.75) is 32.4 Å². The lowest BCUT2D eigenvalue weighted by Crippen LogP contribution is -2.44. The Morgan fingerprint density at radius 1 is 1.56 bits per heavy atom. The van der Waals surface area contributed by atoms with E-state index in [2.05, 4.69) is 17.9 Å². The van der Waals surface area contributed by atoms with E-state index in [-0.39, 0.29) is 6.04 Å². The normalized spacial score (nSPS) is 22.0. The summed E-state index contributed by atoms with van der Waals surface area (Å²) in [6.45, 7) is 6.66. The molecule has 1 aromatic rings. The van der Waals surface area contributed by atoms with Crippen LogP contribution in [0.3, 0.4) is 0 Å². The van der Waals surface area contributed by atoms with Gasteiger partial charge in [-0.05, 0) is 38.0 Å². The summed E-state index contributed by atoms with van der Waals surface area (Å²) in [6.07, 6.45) is 0.872. The molecule has 0 saturated carbocycles. The van der Waals surface area contributed by atoms with Crippen molar-refractivity contribution in [3.05, 3.63) is 28.8 Å². The smallest absolute Gasteiger partial charge is 0.0668 e. The molecule has 1 saturated heterocycles. The van der Waals surface area contributed by atoms with E-state index in [4.69, 9.17) is 22.1 Å². The number of nitrogens with zero attached hydrogens (tertiary/aromatic N) is 1. The standard InChI is InChI=1S/C14H21ClN2O/c1-10(16)7-12-3-4-13(15)8-14(12)17-5-6-18-9-11(17)2/h3-4,8,10-11H,5-7,9,16H2,1-2H3. The van der Waals surface area contributed by atoms with Crippen molar-refractivity contribution in [1.29, 1.82) is 0 Å². The van der Waals surface area contributed by atoms with Gasteiger partial charge in [-0.2, -0.15) is 0 Å². The summed E-state index contributed by atoms with van der Waals surface area (Å²) >= 11 is 6.13. The molecule has 2 atom stereocenters. The van der Waals surface area contributed by atoms with Crippen LogP contribution < -0.4 is 10.6 Å². The molecule has 3 nitrogen and oxygen atoms in total. The van der Waals surface area contributed by atoms with Crippen LogP contribution in [0.2, 0.25) is 5.02 Å². The number of halogens is 1. The first-order chi connectivity index (χ1) is 8.58. The lowest BCUT2D eigenvalue weighted by molar-refractivity contribution is 0.0988. The average Bonchev–Trinajstić information content (AvgIpc) is 2.32. The van der Waals surface area contributed by atoms with Crippen LogP contribution in [0.5, 0.6) is 0 Å². The first-order valence-corrected chi connectivity index (χ1v) is 6.84. The number of morpholine rings is 1. The molecule has 100 valence electrons. The van der Waals surface area contributed by atoms with E-state index >= 15 is 0 Å². The van der Waals surface area contributed by atoms with Gasteiger partial charge in [-0.1, -0.05) is 17.7 Å². The van der Waals surface area contributed by atoms with Gasteiger partial charge in [0, 0.05) is 29.3 Å². The fourth-order valence-corrected chi connectivity index (χ4v) is 2.58. The average molecular weight is 269 g/mol. The molecule has 0 bridgehead atoms. The highest BCUT2D eigenvalue weighted by molar-refractivity contribution is 6.30. The zero-order chi connectivity index (χ0) is 13.1. The predicted molar refractivity (Wildman–Crippen MR) is 76.4 cm³/mol. The van der Waals surface area contributed by atoms with Gasteiger partial charge < -0.3 is 15.4 Å². The summed E-state index contributed by atoms with van der Waals surface area (Å²) in [6, 6.07) is 6.60. The van der Waals surface area contributed by atoms with Gasteiger partial charge in [0.05, 0.1) is 13.2 Å². The van der Waals surface area contributed by atoms with E-state index in [0.717, 1.165) is 31.2 Å². The van der Waals surface area contributed by atoms with Crippen molar-refractivity contribution >= 4 is 17.3 Å². The molecule has 1 heterocycles. The van der Waals surface area contributed by atoms with E-state index in [9.17, 15) is 0 Å². The minimum absolute atomic E-state index is 0.154. The van der Waals surface area contributed by atoms with Gasteiger partial charge in [0.2, 0.25) is 0 Å². The summed E-state index contributed by atoms with van der Waals surface area (Å²) in [5.74, 6) is 0. The summed E-state index contributed by atoms with van der Waals surface area (Å²) in [7, 11) is 0. The molecule has 2 N–H and O–H groups in total. The minimum Gasteiger partial charge on any atom is -0.377 e. The van der Waals surface area contributed by atoms with Crippen LogP contribution in [0.25, 0.3) is 0 Å². The molecule has 1 aromatic carbocycles. The highest BCUT2D eigenvalue weighted by Gasteiger charge is 2.21. The van der Waals surface area contributed by atoms with E-state index in [1.54, 1.807) is 0 Å². The Bertz CT molecular complexity index is 409. The largest absolute Gasteiger partial charge is 0.377 e. The van der Waals surface area contributed by atoms with E-state index in [0.29, 0.717) is 6.04 Å². The number of nitrogens with two attached hydrogens (primary N) is 1. The third-order valence-electron chi connectivity index (χ3n) is 3.27. The Morgan fingerprint density at radius 2 is 2.33 bits per heavy atom. The number of anilines is 1. The Balaban J connectivity index is 2.31. The van der Waals surface area contributed by atoms with Gasteiger partial charge in [-0.3, -0.25) is 0 Å². The molecule has 0 aromatic heterocycles. The first-order valence-electron chi connectivity index (χ1n) is 6.46. The summed E-state index contributed by atoms with van der Waals surface area (Å²) in [5.41, 5.74) is 8.39. The van der Waals surface area contributed by atoms with Crippen LogP contribution >= 0.6 is 11.6 Å². The number of ether oxygens (including phenoxy) is 1. The van der Waals surface area contributed by atoms with Crippen LogP contribution in [-0.2, 0) is 11.2 Å². The number of hydrogen-bond acceptors (Lipinski definition) is 3. The van der Waals surface area contributed by atoms with Crippen molar-refractivity contribution < 1.29 is 4.74 Å². The predicted octanol–water partition coefficient (Wildman–Crippen LogP) is 2.45. The van der Waals surface area contributed by atoms with Crippen LogP contribution in [0.4, 0.5) is 5.69 Å². The monoisotopic (exact) mass is 268 g/mol. The number of benzene rings is 1. The van der Waals surface area contributed by atoms with E-state index < -0.39 is 0 Å². The van der Waals surface area contributed by atoms with Crippen LogP contribution in [-0.4, -0.2) is 31.8 Å². The summed E-state index contributed by atoms with van der Waals surface area (Å²) < 4.78 is 5.49. The van der Waals surface area contributed by atoms with Crippen LogP contribution in [0.1, 0.15) is 19.4 Å². The van der Waals surface area contributed by atoms with Crippen molar-refractivity contribution in [1.82, 2.24) is 0 Å². The molecule has 0 amide bonds. The van der Waals surface area contributed by atoms with E-state index in [1.165, 1.54) is 11.3 Å². The van der Waals surface area contributed by atoms with Gasteiger partial charge in [-0.15, -0.1) is 0 Å². The molecular weight excluding hydrogens is 248 g/mol. The maximum Gasteiger partial charge on any atom is 0.0668 e. The third kappa shape index (κ3) is 3.16. The second-order valence-electron chi connectivity index (χ2n) is 5.07. The molecule has 2 rings (SSSR count). The Hall–Kier alpha value is -0.770. The van der Waals surface area contributed by atoms with Crippen molar-refractivity contribution in [2.24, 2.45) is 5.73 Å². The SMILES string of the molecule is CC(N)Cc1ccc(Cl)cc1N1CCOCC1C. The number of rotatable bonds is 3. The van der Waals surface area contributed by atoms with Crippen molar-refractivity contribution in [2.75, 3.05) is 24.7 Å². The van der Waals surface area contributed by atoms with E-state index in [1.807, 2.05) is 19.1 Å². The van der Waals surface area contributed by atoms with Crippen molar-refractivity contribution in [3.63, 3.8) is 0 Å². The van der Waals surface area contributed by atoms with Gasteiger partial charge >= 0.3 is 0 Å². The van der Waals surface area contributed by atoms with Gasteiger partial charge in [0.1, 0.15) is 0 Å². The topological polar surface area (TPSA) is 38.5 Å². The highest BCUT2D eigenvalue weighted by atomic mass is 35.5. The molecule has 0 radical (unpaired) electrons. The Morgan fingerprint density at radius 3 is 3.00 bits per heavy atom. The van der Waals surface area contributed by atoms with Gasteiger partial charge in [0.25, 0.3) is 0 Å². The Kier molecular flexibility index (Phi) is 4.49. The minimum atomic E-state index is 0.154. The zero-order valence-electron chi connectivity index (χ0n) is 11.0. The third-order valence-corrected chi connectivity index (χ3v) is 3.50. The fraction of sp³-hybridized carbons (Fsp3) is 0.571. The van der Waals surface area contributed by atoms with Gasteiger partial charge in [0.15, 0.2) is 0 Å². The molecular formula is C14H21ClN2O. The molecule has 18 heavy (non-hydrogen) atoms. The molecule has 0 spiro atoms. The molecule has 1 aliphatic heterocycles.